The zero-order chi connectivity index (χ0) is 26.6. The Kier molecular flexibility index (Phi) is 5.78. The summed E-state index contributed by atoms with van der Waals surface area (Å²) in [5.74, 6) is 0.242. The summed E-state index contributed by atoms with van der Waals surface area (Å²) >= 11 is 0. The van der Waals surface area contributed by atoms with Gasteiger partial charge >= 0.3 is 0 Å². The lowest BCUT2D eigenvalue weighted by Crippen LogP contribution is -2.50. The van der Waals surface area contributed by atoms with Crippen LogP contribution in [-0.2, 0) is 4.79 Å². The molecule has 1 atom stereocenters. The van der Waals surface area contributed by atoms with E-state index in [1.54, 1.807) is 18.2 Å². The van der Waals surface area contributed by atoms with Crippen molar-refractivity contribution in [3.8, 4) is 5.75 Å². The molecular formula is C27H29N3O6. The highest BCUT2D eigenvalue weighted by Crippen LogP contribution is 2.51. The van der Waals surface area contributed by atoms with Crippen molar-refractivity contribution >= 4 is 22.8 Å². The van der Waals surface area contributed by atoms with Crippen molar-refractivity contribution in [2.75, 3.05) is 5.32 Å². The van der Waals surface area contributed by atoms with Gasteiger partial charge in [0.05, 0.1) is 21.6 Å². The van der Waals surface area contributed by atoms with E-state index in [1.807, 2.05) is 53.7 Å². The van der Waals surface area contributed by atoms with E-state index in [2.05, 4.69) is 5.32 Å². The maximum atomic E-state index is 13.6. The summed E-state index contributed by atoms with van der Waals surface area (Å²) in [6.07, 6.45) is 2.98. The minimum Gasteiger partial charge on any atom is -0.480 e. The Bertz CT molecular complexity index is 1290. The Hall–Kier alpha value is -4.01. The Labute approximate surface area is 209 Å². The third-order valence-corrected chi connectivity index (χ3v) is 6.48. The van der Waals surface area contributed by atoms with Crippen LogP contribution in [0.4, 0.5) is 17.1 Å². The molecule has 0 aromatic heterocycles. The second-order valence-corrected chi connectivity index (χ2v) is 11.3. The van der Waals surface area contributed by atoms with Crippen molar-refractivity contribution in [1.82, 2.24) is 0 Å². The van der Waals surface area contributed by atoms with Gasteiger partial charge < -0.3 is 10.1 Å². The molecule has 0 fully saturated rings. The molecule has 1 N–H and O–H groups in total. The average Bonchev–Trinajstić information content (AvgIpc) is 2.78. The van der Waals surface area contributed by atoms with Gasteiger partial charge in [0, 0.05) is 29.3 Å². The number of hydrogen-bond donors (Lipinski definition) is 1. The molecule has 9 nitrogen and oxygen atoms in total. The lowest BCUT2D eigenvalue weighted by molar-refractivity contribution is -0.385. The summed E-state index contributed by atoms with van der Waals surface area (Å²) in [6, 6.07) is 10.3. The molecule has 2 aliphatic rings. The van der Waals surface area contributed by atoms with Crippen LogP contribution < -0.4 is 10.1 Å². The summed E-state index contributed by atoms with van der Waals surface area (Å²) < 4.78 is 6.42. The number of fused-ring (bicyclic) bond motifs is 1. The van der Waals surface area contributed by atoms with Crippen LogP contribution in [0.3, 0.4) is 0 Å². The number of nitrogens with zero attached hydrogens (tertiary/aromatic N) is 2. The van der Waals surface area contributed by atoms with Crippen LogP contribution in [0.1, 0.15) is 53.2 Å². The van der Waals surface area contributed by atoms with E-state index in [-0.39, 0.29) is 22.9 Å². The summed E-state index contributed by atoms with van der Waals surface area (Å²) in [6.45, 7) is 11.8. The van der Waals surface area contributed by atoms with Crippen LogP contribution in [0.5, 0.6) is 5.75 Å². The number of anilines is 1. The first-order valence-corrected chi connectivity index (χ1v) is 11.6. The van der Waals surface area contributed by atoms with Gasteiger partial charge in [-0.05, 0) is 46.7 Å². The molecule has 0 saturated carbocycles. The number of benzene rings is 2. The lowest BCUT2D eigenvalue weighted by atomic mass is 9.67. The molecule has 0 amide bonds. The highest BCUT2D eigenvalue weighted by atomic mass is 16.6. The number of nitrogens with one attached hydrogen (secondary N) is 1. The number of hydrogen-bond acceptors (Lipinski definition) is 7. The number of rotatable bonds is 3. The smallest absolute Gasteiger partial charge is 0.273 e. The average molecular weight is 492 g/mol. The van der Waals surface area contributed by atoms with E-state index < -0.39 is 32.3 Å². The Morgan fingerprint density at radius 2 is 1.33 bits per heavy atom. The van der Waals surface area contributed by atoms with Crippen molar-refractivity contribution in [3.63, 3.8) is 0 Å². The first-order valence-electron chi connectivity index (χ1n) is 11.6. The SMILES string of the molecule is CC(C)(C)C1=CC2(C=C(C(C)(C)C)C1=O)Nc1ccc([N+](=O)[O-])cc1O[C@@H]2c1ccc([N+](=O)[O-])cc1. The number of carbonyl (C=O) groups is 1. The normalized spacial score (nSPS) is 18.9. The first-order chi connectivity index (χ1) is 16.6. The van der Waals surface area contributed by atoms with E-state index in [4.69, 9.17) is 4.74 Å². The molecule has 36 heavy (non-hydrogen) atoms. The topological polar surface area (TPSA) is 125 Å². The lowest BCUT2D eigenvalue weighted by Gasteiger charge is -2.47. The number of non-ortho nitro benzene ring substituents is 2. The van der Waals surface area contributed by atoms with Gasteiger partial charge in [-0.25, -0.2) is 0 Å². The molecule has 1 aliphatic heterocycles. The number of carbonyl (C=O) groups excluding carboxylic acids is 1. The van der Waals surface area contributed by atoms with Gasteiger partial charge in [0.25, 0.3) is 11.4 Å². The predicted octanol–water partition coefficient (Wildman–Crippen LogP) is 6.32. The minimum atomic E-state index is -1.03. The fourth-order valence-electron chi connectivity index (χ4n) is 4.60. The number of nitro benzene ring substituents is 2. The Balaban J connectivity index is 1.99. The van der Waals surface area contributed by atoms with E-state index in [0.717, 1.165) is 0 Å². The molecule has 1 heterocycles. The van der Waals surface area contributed by atoms with Crippen LogP contribution in [-0.4, -0.2) is 21.2 Å². The summed E-state index contributed by atoms with van der Waals surface area (Å²) in [4.78, 5) is 35.3. The molecule has 0 bridgehead atoms. The maximum Gasteiger partial charge on any atom is 0.273 e. The second-order valence-electron chi connectivity index (χ2n) is 11.3. The van der Waals surface area contributed by atoms with Gasteiger partial charge in [-0.2, -0.15) is 0 Å². The van der Waals surface area contributed by atoms with Gasteiger partial charge in [0.2, 0.25) is 0 Å². The first kappa shape index (κ1) is 25.1. The third kappa shape index (κ3) is 4.36. The van der Waals surface area contributed by atoms with Crippen LogP contribution in [0, 0.1) is 31.1 Å². The van der Waals surface area contributed by atoms with Gasteiger partial charge in [-0.3, -0.25) is 25.0 Å². The molecule has 0 unspecified atom stereocenters. The molecule has 2 aromatic carbocycles. The number of Topliss-reactive ketones (excluding diaryl/α,β-unsaturated/α-hetero) is 1. The molecular weight excluding hydrogens is 462 g/mol. The van der Waals surface area contributed by atoms with Crippen molar-refractivity contribution in [2.24, 2.45) is 10.8 Å². The molecule has 9 heteroatoms. The van der Waals surface area contributed by atoms with Crippen molar-refractivity contribution < 1.29 is 19.4 Å². The predicted molar refractivity (Wildman–Crippen MR) is 136 cm³/mol. The van der Waals surface area contributed by atoms with Crippen LogP contribution in [0.2, 0.25) is 0 Å². The molecule has 0 radical (unpaired) electrons. The highest BCUT2D eigenvalue weighted by Gasteiger charge is 2.49. The standard InChI is InChI=1S/C27H29N3O6/c1-25(2,3)19-14-27(15-20(23(19)31)26(4,5)6)24(16-7-9-17(10-8-16)29(32)33)36-22-13-18(30(34)35)11-12-21(22)28-27/h7-15,24,28H,1-6H3/t24-/m1/s1. The largest absolute Gasteiger partial charge is 0.480 e. The number of nitro groups is 2. The fraction of sp³-hybridized carbons (Fsp3) is 0.370. The summed E-state index contributed by atoms with van der Waals surface area (Å²) in [7, 11) is 0. The van der Waals surface area contributed by atoms with E-state index in [1.165, 1.54) is 24.3 Å². The van der Waals surface area contributed by atoms with Gasteiger partial charge in [0.15, 0.2) is 11.9 Å². The molecule has 2 aromatic rings. The summed E-state index contributed by atoms with van der Waals surface area (Å²) in [5, 5.41) is 26.1. The number of allylic oxidation sites excluding steroid dienone is 2. The van der Waals surface area contributed by atoms with E-state index in [9.17, 15) is 25.0 Å². The van der Waals surface area contributed by atoms with Crippen molar-refractivity contribution in [2.45, 2.75) is 53.2 Å². The molecule has 1 spiro atoms. The second kappa shape index (κ2) is 8.29. The third-order valence-electron chi connectivity index (χ3n) is 6.48. The highest BCUT2D eigenvalue weighted by molar-refractivity contribution is 6.11. The van der Waals surface area contributed by atoms with Crippen molar-refractivity contribution in [1.29, 1.82) is 0 Å². The Morgan fingerprint density at radius 3 is 1.81 bits per heavy atom. The van der Waals surface area contributed by atoms with E-state index in [0.29, 0.717) is 22.4 Å². The van der Waals surface area contributed by atoms with Crippen molar-refractivity contribution in [3.05, 3.63) is 91.6 Å². The molecule has 1 aliphatic carbocycles. The van der Waals surface area contributed by atoms with Gasteiger partial charge in [-0.15, -0.1) is 0 Å². The van der Waals surface area contributed by atoms with Gasteiger partial charge in [-0.1, -0.05) is 41.5 Å². The van der Waals surface area contributed by atoms with Crippen LogP contribution in [0.15, 0.2) is 65.8 Å². The summed E-state index contributed by atoms with van der Waals surface area (Å²) in [5.41, 5.74) is 0.215. The molecule has 4 rings (SSSR count). The maximum absolute atomic E-state index is 13.6. The fourth-order valence-corrected chi connectivity index (χ4v) is 4.60. The van der Waals surface area contributed by atoms with Crippen LogP contribution >= 0.6 is 0 Å². The molecule has 0 saturated heterocycles. The zero-order valence-electron chi connectivity index (χ0n) is 21.1. The zero-order valence-corrected chi connectivity index (χ0v) is 21.1. The monoisotopic (exact) mass is 491 g/mol. The van der Waals surface area contributed by atoms with Gasteiger partial charge in [0.1, 0.15) is 11.3 Å². The minimum absolute atomic E-state index is 0.0422. The Morgan fingerprint density at radius 1 is 0.833 bits per heavy atom. The van der Waals surface area contributed by atoms with Crippen LogP contribution in [0.25, 0.3) is 0 Å². The quantitative estimate of drug-likeness (QED) is 0.394. The molecule has 188 valence electrons. The number of ether oxygens (including phenoxy) is 1. The number of ketones is 1. The van der Waals surface area contributed by atoms with E-state index >= 15 is 0 Å².